The Bertz CT molecular complexity index is 1010. The lowest BCUT2D eigenvalue weighted by Gasteiger charge is -2.12. The minimum Gasteiger partial charge on any atom is -0.494 e. The van der Waals surface area contributed by atoms with Gasteiger partial charge in [-0.05, 0) is 60.9 Å². The number of hydrogen-bond acceptors (Lipinski definition) is 5. The summed E-state index contributed by atoms with van der Waals surface area (Å²) in [5.41, 5.74) is 4.34. The Hall–Kier alpha value is -3.54. The van der Waals surface area contributed by atoms with Crippen LogP contribution in [0.5, 0.6) is 5.75 Å². The molecular formula is C21H19N3O3. The molecule has 0 bridgehead atoms. The van der Waals surface area contributed by atoms with Crippen LogP contribution >= 0.6 is 0 Å². The molecule has 3 aromatic rings. The summed E-state index contributed by atoms with van der Waals surface area (Å²) >= 11 is 0. The van der Waals surface area contributed by atoms with Crippen molar-refractivity contribution >= 4 is 17.1 Å². The molecule has 0 saturated carbocycles. The molecule has 0 unspecified atom stereocenters. The average molecular weight is 361 g/mol. The summed E-state index contributed by atoms with van der Waals surface area (Å²) < 4.78 is 5.45. The molecule has 0 aliphatic rings. The molecule has 136 valence electrons. The van der Waals surface area contributed by atoms with Crippen LogP contribution in [0, 0.1) is 24.0 Å². The van der Waals surface area contributed by atoms with Crippen LogP contribution in [-0.2, 0) is 0 Å². The zero-order valence-electron chi connectivity index (χ0n) is 15.3. The Morgan fingerprint density at radius 3 is 2.33 bits per heavy atom. The van der Waals surface area contributed by atoms with Gasteiger partial charge in [0.2, 0.25) is 0 Å². The van der Waals surface area contributed by atoms with Crippen LogP contribution in [0.2, 0.25) is 0 Å². The van der Waals surface area contributed by atoms with Crippen LogP contribution in [0.25, 0.3) is 11.1 Å². The molecular weight excluding hydrogens is 342 g/mol. The lowest BCUT2D eigenvalue weighted by Crippen LogP contribution is -1.95. The topological polar surface area (TPSA) is 77.1 Å². The quantitative estimate of drug-likeness (QED) is 0.304. The Labute approximate surface area is 157 Å². The summed E-state index contributed by atoms with van der Waals surface area (Å²) in [5, 5.41) is 20.0. The molecule has 3 rings (SSSR count). The SMILES string of the molecule is COc1cc(-c2ccc(C)cc2[N+](=O)[O-])c(C)cc1N=Nc1ccccc1. The number of nitro groups is 1. The van der Waals surface area contributed by atoms with E-state index in [1.807, 2.05) is 56.3 Å². The van der Waals surface area contributed by atoms with Crippen molar-refractivity contribution < 1.29 is 9.66 Å². The van der Waals surface area contributed by atoms with Gasteiger partial charge in [0.25, 0.3) is 5.69 Å². The molecule has 0 amide bonds. The van der Waals surface area contributed by atoms with Gasteiger partial charge in [0.05, 0.1) is 23.3 Å². The maximum atomic E-state index is 11.5. The van der Waals surface area contributed by atoms with E-state index in [4.69, 9.17) is 4.74 Å². The largest absolute Gasteiger partial charge is 0.494 e. The number of azo groups is 1. The standard InChI is InChI=1S/C21H19N3O3/c1-14-9-10-17(20(11-14)24(25)26)18-13-21(27-3)19(12-15(18)2)23-22-16-7-5-4-6-8-16/h4-13H,1-3H3. The first-order valence-electron chi connectivity index (χ1n) is 8.40. The first-order valence-corrected chi connectivity index (χ1v) is 8.40. The number of methoxy groups -OCH3 is 1. The second kappa shape index (κ2) is 7.78. The molecule has 0 spiro atoms. The molecule has 0 heterocycles. The van der Waals surface area contributed by atoms with Gasteiger partial charge < -0.3 is 4.74 Å². The van der Waals surface area contributed by atoms with Crippen molar-refractivity contribution in [2.75, 3.05) is 7.11 Å². The van der Waals surface area contributed by atoms with Crippen LogP contribution in [-0.4, -0.2) is 12.0 Å². The summed E-state index contributed by atoms with van der Waals surface area (Å²) in [5.74, 6) is 0.505. The highest BCUT2D eigenvalue weighted by molar-refractivity contribution is 5.79. The van der Waals surface area contributed by atoms with Crippen molar-refractivity contribution in [3.63, 3.8) is 0 Å². The first-order chi connectivity index (χ1) is 13.0. The van der Waals surface area contributed by atoms with Gasteiger partial charge in [0.1, 0.15) is 11.4 Å². The summed E-state index contributed by atoms with van der Waals surface area (Å²) in [6, 6.07) is 18.2. The van der Waals surface area contributed by atoms with Crippen LogP contribution in [0.3, 0.4) is 0 Å². The van der Waals surface area contributed by atoms with E-state index in [9.17, 15) is 10.1 Å². The molecule has 0 fully saturated rings. The average Bonchev–Trinajstić information content (AvgIpc) is 2.67. The highest BCUT2D eigenvalue weighted by atomic mass is 16.6. The second-order valence-corrected chi connectivity index (χ2v) is 6.15. The number of aryl methyl sites for hydroxylation is 2. The third-order valence-electron chi connectivity index (χ3n) is 4.20. The summed E-state index contributed by atoms with van der Waals surface area (Å²) in [6.45, 7) is 3.72. The molecule has 3 aromatic carbocycles. The van der Waals surface area contributed by atoms with E-state index < -0.39 is 0 Å². The van der Waals surface area contributed by atoms with Gasteiger partial charge in [-0.1, -0.05) is 24.3 Å². The fourth-order valence-corrected chi connectivity index (χ4v) is 2.83. The zero-order valence-corrected chi connectivity index (χ0v) is 15.3. The molecule has 0 aromatic heterocycles. The van der Waals surface area contributed by atoms with E-state index in [-0.39, 0.29) is 10.6 Å². The van der Waals surface area contributed by atoms with Gasteiger partial charge in [-0.25, -0.2) is 0 Å². The van der Waals surface area contributed by atoms with E-state index in [0.29, 0.717) is 17.0 Å². The van der Waals surface area contributed by atoms with Crippen molar-refractivity contribution in [1.82, 2.24) is 0 Å². The van der Waals surface area contributed by atoms with Gasteiger partial charge in [-0.2, -0.15) is 5.11 Å². The lowest BCUT2D eigenvalue weighted by molar-refractivity contribution is -0.384. The summed E-state index contributed by atoms with van der Waals surface area (Å²) in [4.78, 5) is 11.1. The van der Waals surface area contributed by atoms with Crippen molar-refractivity contribution in [2.45, 2.75) is 13.8 Å². The lowest BCUT2D eigenvalue weighted by atomic mass is 9.97. The predicted molar refractivity (Wildman–Crippen MR) is 105 cm³/mol. The molecule has 0 saturated heterocycles. The van der Waals surface area contributed by atoms with Crippen molar-refractivity contribution in [2.24, 2.45) is 10.2 Å². The van der Waals surface area contributed by atoms with Crippen molar-refractivity contribution in [1.29, 1.82) is 0 Å². The minimum atomic E-state index is -0.364. The third-order valence-corrected chi connectivity index (χ3v) is 4.20. The number of hydrogen-bond donors (Lipinski definition) is 0. The van der Waals surface area contributed by atoms with Gasteiger partial charge in [0, 0.05) is 6.07 Å². The Morgan fingerprint density at radius 2 is 1.67 bits per heavy atom. The fraction of sp³-hybridized carbons (Fsp3) is 0.143. The molecule has 0 N–H and O–H groups in total. The number of ether oxygens (including phenoxy) is 1. The molecule has 27 heavy (non-hydrogen) atoms. The van der Waals surface area contributed by atoms with Crippen molar-refractivity contribution in [3.05, 3.63) is 81.9 Å². The number of nitrogens with zero attached hydrogens (tertiary/aromatic N) is 3. The maximum Gasteiger partial charge on any atom is 0.277 e. The van der Waals surface area contributed by atoms with Crippen LogP contribution in [0.1, 0.15) is 11.1 Å². The van der Waals surface area contributed by atoms with E-state index in [1.165, 1.54) is 0 Å². The molecule has 0 atom stereocenters. The van der Waals surface area contributed by atoms with Crippen LogP contribution < -0.4 is 4.74 Å². The van der Waals surface area contributed by atoms with E-state index >= 15 is 0 Å². The van der Waals surface area contributed by atoms with Gasteiger partial charge in [0.15, 0.2) is 0 Å². The summed E-state index contributed by atoms with van der Waals surface area (Å²) in [6.07, 6.45) is 0. The molecule has 6 heteroatoms. The van der Waals surface area contributed by atoms with Crippen molar-refractivity contribution in [3.8, 4) is 16.9 Å². The molecule has 0 aliphatic heterocycles. The Balaban J connectivity index is 2.08. The molecule has 0 aliphatic carbocycles. The van der Waals surface area contributed by atoms with Crippen LogP contribution in [0.4, 0.5) is 17.1 Å². The maximum absolute atomic E-state index is 11.5. The Kier molecular flexibility index (Phi) is 5.26. The minimum absolute atomic E-state index is 0.0683. The smallest absolute Gasteiger partial charge is 0.277 e. The predicted octanol–water partition coefficient (Wildman–Crippen LogP) is 6.30. The van der Waals surface area contributed by atoms with Crippen LogP contribution in [0.15, 0.2) is 70.9 Å². The van der Waals surface area contributed by atoms with Gasteiger partial charge in [-0.15, -0.1) is 5.11 Å². The Morgan fingerprint density at radius 1 is 0.926 bits per heavy atom. The fourth-order valence-electron chi connectivity index (χ4n) is 2.83. The normalized spacial score (nSPS) is 10.9. The van der Waals surface area contributed by atoms with E-state index in [2.05, 4.69) is 10.2 Å². The first kappa shape index (κ1) is 18.3. The van der Waals surface area contributed by atoms with E-state index in [0.717, 1.165) is 22.4 Å². The molecule has 0 radical (unpaired) electrons. The monoisotopic (exact) mass is 361 g/mol. The van der Waals surface area contributed by atoms with E-state index in [1.54, 1.807) is 25.3 Å². The third kappa shape index (κ3) is 4.00. The second-order valence-electron chi connectivity index (χ2n) is 6.15. The van der Waals surface area contributed by atoms with Gasteiger partial charge in [-0.3, -0.25) is 10.1 Å². The molecule has 6 nitrogen and oxygen atoms in total. The highest BCUT2D eigenvalue weighted by Crippen LogP contribution is 2.39. The zero-order chi connectivity index (χ0) is 19.4. The van der Waals surface area contributed by atoms with Gasteiger partial charge >= 0.3 is 0 Å². The number of benzene rings is 3. The number of rotatable bonds is 5. The highest BCUT2D eigenvalue weighted by Gasteiger charge is 2.19. The number of nitro benzene ring substituents is 1. The summed E-state index contributed by atoms with van der Waals surface area (Å²) in [7, 11) is 1.54.